The van der Waals surface area contributed by atoms with Crippen LogP contribution in [0.3, 0.4) is 0 Å². The van der Waals surface area contributed by atoms with E-state index in [-0.39, 0.29) is 17.5 Å². The van der Waals surface area contributed by atoms with Crippen molar-refractivity contribution in [2.24, 2.45) is 5.10 Å². The van der Waals surface area contributed by atoms with E-state index in [0.29, 0.717) is 0 Å². The number of piperidine rings is 1. The van der Waals surface area contributed by atoms with E-state index in [0.717, 1.165) is 55.9 Å². The van der Waals surface area contributed by atoms with Crippen molar-refractivity contribution in [3.63, 3.8) is 0 Å². The number of nitrogens with zero attached hydrogens (tertiary/aromatic N) is 3. The van der Waals surface area contributed by atoms with Gasteiger partial charge in [0.25, 0.3) is 0 Å². The van der Waals surface area contributed by atoms with E-state index < -0.39 is 0 Å². The number of phenols is 1. The van der Waals surface area contributed by atoms with Crippen molar-refractivity contribution in [1.29, 1.82) is 0 Å². The second kappa shape index (κ2) is 6.82. The number of hydrazone groups is 1. The van der Waals surface area contributed by atoms with Crippen LogP contribution in [0, 0.1) is 0 Å². The molecule has 3 aliphatic rings. The van der Waals surface area contributed by atoms with Gasteiger partial charge < -0.3 is 14.7 Å². The number of phenolic OH excluding ortho intramolecular Hbond substituents is 1. The SMILES string of the molecule is CCCN1CCC2(CC1)Oc1ccccc1[C@@H]1CC(c3ccc(O)cc3)=NN12. The summed E-state index contributed by atoms with van der Waals surface area (Å²) in [5.41, 5.74) is 3.01. The monoisotopic (exact) mass is 377 g/mol. The molecule has 1 atom stereocenters. The summed E-state index contributed by atoms with van der Waals surface area (Å²) >= 11 is 0. The average Bonchev–Trinajstić information content (AvgIpc) is 3.17. The lowest BCUT2D eigenvalue weighted by Crippen LogP contribution is -2.59. The summed E-state index contributed by atoms with van der Waals surface area (Å²) < 4.78 is 6.66. The zero-order chi connectivity index (χ0) is 19.1. The molecule has 3 heterocycles. The van der Waals surface area contributed by atoms with Gasteiger partial charge in [0, 0.05) is 37.9 Å². The highest BCUT2D eigenvalue weighted by molar-refractivity contribution is 6.02. The summed E-state index contributed by atoms with van der Waals surface area (Å²) in [7, 11) is 0. The van der Waals surface area contributed by atoms with Gasteiger partial charge >= 0.3 is 0 Å². The molecule has 0 radical (unpaired) electrons. The second-order valence-electron chi connectivity index (χ2n) is 8.09. The molecule has 5 rings (SSSR count). The van der Waals surface area contributed by atoms with Crippen LogP contribution in [0.5, 0.6) is 11.5 Å². The summed E-state index contributed by atoms with van der Waals surface area (Å²) in [5.74, 6) is 1.29. The Kier molecular flexibility index (Phi) is 4.27. The largest absolute Gasteiger partial charge is 0.508 e. The van der Waals surface area contributed by atoms with Crippen molar-refractivity contribution < 1.29 is 9.84 Å². The normalized spacial score (nSPS) is 23.1. The minimum absolute atomic E-state index is 0.214. The van der Waals surface area contributed by atoms with Crippen molar-refractivity contribution in [3.8, 4) is 11.5 Å². The van der Waals surface area contributed by atoms with Crippen molar-refractivity contribution in [3.05, 3.63) is 59.7 Å². The highest BCUT2D eigenvalue weighted by Gasteiger charge is 2.51. The van der Waals surface area contributed by atoms with Crippen LogP contribution in [0.25, 0.3) is 0 Å². The zero-order valence-corrected chi connectivity index (χ0v) is 16.3. The van der Waals surface area contributed by atoms with Crippen LogP contribution in [-0.2, 0) is 0 Å². The molecule has 0 aromatic heterocycles. The number of aromatic hydroxyl groups is 1. The van der Waals surface area contributed by atoms with Crippen LogP contribution in [0.15, 0.2) is 53.6 Å². The molecule has 3 aliphatic heterocycles. The minimum Gasteiger partial charge on any atom is -0.508 e. The molecule has 0 bridgehead atoms. The first kappa shape index (κ1) is 17.6. The molecule has 5 nitrogen and oxygen atoms in total. The third-order valence-corrected chi connectivity index (χ3v) is 6.28. The highest BCUT2D eigenvalue weighted by Crippen LogP contribution is 2.49. The van der Waals surface area contributed by atoms with Gasteiger partial charge in [-0.1, -0.05) is 25.1 Å². The molecule has 28 heavy (non-hydrogen) atoms. The van der Waals surface area contributed by atoms with Crippen LogP contribution < -0.4 is 4.74 Å². The molecule has 2 aromatic rings. The lowest BCUT2D eigenvalue weighted by atomic mass is 9.90. The second-order valence-corrected chi connectivity index (χ2v) is 8.09. The van der Waals surface area contributed by atoms with Crippen LogP contribution in [-0.4, -0.2) is 46.1 Å². The van der Waals surface area contributed by atoms with Gasteiger partial charge in [0.15, 0.2) is 0 Å². The summed E-state index contributed by atoms with van der Waals surface area (Å²) in [6, 6.07) is 16.0. The number of likely N-dealkylation sites (tertiary alicyclic amines) is 1. The first-order valence-electron chi connectivity index (χ1n) is 10.3. The van der Waals surface area contributed by atoms with Crippen molar-refractivity contribution in [2.45, 2.75) is 44.4 Å². The van der Waals surface area contributed by atoms with Gasteiger partial charge in [-0.05, 0) is 48.9 Å². The molecule has 1 spiro atoms. The Morgan fingerprint density at radius 2 is 1.86 bits per heavy atom. The zero-order valence-electron chi connectivity index (χ0n) is 16.3. The fourth-order valence-electron chi connectivity index (χ4n) is 4.83. The highest BCUT2D eigenvalue weighted by atomic mass is 16.5. The van der Waals surface area contributed by atoms with E-state index >= 15 is 0 Å². The summed E-state index contributed by atoms with van der Waals surface area (Å²) in [5, 5.41) is 17.0. The molecule has 146 valence electrons. The van der Waals surface area contributed by atoms with Gasteiger partial charge in [-0.15, -0.1) is 0 Å². The van der Waals surface area contributed by atoms with E-state index in [1.807, 2.05) is 12.1 Å². The van der Waals surface area contributed by atoms with Crippen LogP contribution in [0.1, 0.15) is 49.8 Å². The number of hydrogen-bond acceptors (Lipinski definition) is 5. The van der Waals surface area contributed by atoms with Crippen LogP contribution in [0.2, 0.25) is 0 Å². The first-order chi connectivity index (χ1) is 13.7. The fourth-order valence-corrected chi connectivity index (χ4v) is 4.83. The molecule has 5 heteroatoms. The summed E-state index contributed by atoms with van der Waals surface area (Å²) in [6.45, 7) is 5.48. The molecule has 0 unspecified atom stereocenters. The minimum atomic E-state index is -0.359. The van der Waals surface area contributed by atoms with Crippen LogP contribution >= 0.6 is 0 Å². The Labute approximate surface area is 166 Å². The molecule has 0 saturated carbocycles. The molecular formula is C23H27N3O2. The first-order valence-corrected chi connectivity index (χ1v) is 10.3. The average molecular weight is 377 g/mol. The Balaban J connectivity index is 1.51. The van der Waals surface area contributed by atoms with Crippen molar-refractivity contribution >= 4 is 5.71 Å². The standard InChI is InChI=1S/C23H27N3O2/c1-2-13-25-14-11-23(12-15-25)26-21(19-5-3-4-6-22(19)28-23)16-20(24-26)17-7-9-18(27)10-8-17/h3-10,21,27H,2,11-16H2,1H3/t21-/m0/s1. The third kappa shape index (κ3) is 2.85. The quantitative estimate of drug-likeness (QED) is 0.873. The van der Waals surface area contributed by atoms with Crippen molar-refractivity contribution in [1.82, 2.24) is 9.91 Å². The fraction of sp³-hybridized carbons (Fsp3) is 0.435. The Bertz CT molecular complexity index is 885. The molecule has 0 aliphatic carbocycles. The molecular weight excluding hydrogens is 350 g/mol. The lowest BCUT2D eigenvalue weighted by Gasteiger charge is -2.51. The van der Waals surface area contributed by atoms with Gasteiger partial charge in [-0.3, -0.25) is 0 Å². The molecule has 0 amide bonds. The van der Waals surface area contributed by atoms with Gasteiger partial charge in [0.05, 0.1) is 11.8 Å². The van der Waals surface area contributed by atoms with E-state index in [1.165, 1.54) is 12.0 Å². The van der Waals surface area contributed by atoms with E-state index in [4.69, 9.17) is 9.84 Å². The van der Waals surface area contributed by atoms with Crippen molar-refractivity contribution in [2.75, 3.05) is 19.6 Å². The smallest absolute Gasteiger partial charge is 0.200 e. The number of ether oxygens (including phenoxy) is 1. The predicted molar refractivity (Wildman–Crippen MR) is 110 cm³/mol. The van der Waals surface area contributed by atoms with Gasteiger partial charge in [0.1, 0.15) is 11.5 Å². The number of rotatable bonds is 3. The van der Waals surface area contributed by atoms with E-state index in [1.54, 1.807) is 12.1 Å². The van der Waals surface area contributed by atoms with Gasteiger partial charge in [0.2, 0.25) is 5.72 Å². The van der Waals surface area contributed by atoms with Crippen LogP contribution in [0.4, 0.5) is 0 Å². The van der Waals surface area contributed by atoms with E-state index in [2.05, 4.69) is 41.1 Å². The number of fused-ring (bicyclic) bond motifs is 4. The topological polar surface area (TPSA) is 48.3 Å². The Hall–Kier alpha value is -2.53. The predicted octanol–water partition coefficient (Wildman–Crippen LogP) is 4.14. The Morgan fingerprint density at radius 1 is 1.11 bits per heavy atom. The summed E-state index contributed by atoms with van der Waals surface area (Å²) in [6.07, 6.45) is 3.98. The Morgan fingerprint density at radius 3 is 2.61 bits per heavy atom. The molecule has 2 aromatic carbocycles. The summed E-state index contributed by atoms with van der Waals surface area (Å²) in [4.78, 5) is 2.53. The maximum absolute atomic E-state index is 9.63. The van der Waals surface area contributed by atoms with Gasteiger partial charge in [-0.2, -0.15) is 5.10 Å². The number of para-hydroxylation sites is 1. The third-order valence-electron chi connectivity index (χ3n) is 6.28. The van der Waals surface area contributed by atoms with Gasteiger partial charge in [-0.25, -0.2) is 5.01 Å². The lowest BCUT2D eigenvalue weighted by molar-refractivity contribution is -0.149. The maximum atomic E-state index is 9.63. The molecule has 1 saturated heterocycles. The maximum Gasteiger partial charge on any atom is 0.200 e. The molecule has 1 fully saturated rings. The molecule has 1 N–H and O–H groups in total. The number of hydrogen-bond donors (Lipinski definition) is 1. The van der Waals surface area contributed by atoms with E-state index in [9.17, 15) is 5.11 Å². The number of benzene rings is 2.